The summed E-state index contributed by atoms with van der Waals surface area (Å²) in [5.74, 6) is 0.728. The number of rotatable bonds is 8. The third-order valence-corrected chi connectivity index (χ3v) is 4.73. The summed E-state index contributed by atoms with van der Waals surface area (Å²) < 4.78 is 46.7. The summed E-state index contributed by atoms with van der Waals surface area (Å²) in [6, 6.07) is 16.0. The summed E-state index contributed by atoms with van der Waals surface area (Å²) in [6.07, 6.45) is -3.95. The van der Waals surface area contributed by atoms with E-state index >= 15 is 0 Å². The van der Waals surface area contributed by atoms with Crippen molar-refractivity contribution >= 4 is 0 Å². The van der Waals surface area contributed by atoms with Gasteiger partial charge in [0.2, 0.25) is 0 Å². The average molecular weight is 394 g/mol. The van der Waals surface area contributed by atoms with Crippen LogP contribution in [-0.4, -0.2) is 62.0 Å². The fourth-order valence-corrected chi connectivity index (χ4v) is 3.23. The number of halogens is 3. The molecule has 0 aliphatic carbocycles. The van der Waals surface area contributed by atoms with Gasteiger partial charge in [-0.05, 0) is 36.2 Å². The van der Waals surface area contributed by atoms with Gasteiger partial charge in [-0.1, -0.05) is 30.3 Å². The molecule has 7 heteroatoms. The summed E-state index contributed by atoms with van der Waals surface area (Å²) >= 11 is 0. The molecule has 0 atom stereocenters. The Kier molecular flexibility index (Phi) is 7.17. The molecule has 0 saturated carbocycles. The van der Waals surface area contributed by atoms with E-state index in [1.54, 1.807) is 6.07 Å². The van der Waals surface area contributed by atoms with Gasteiger partial charge in [0.25, 0.3) is 0 Å². The highest BCUT2D eigenvalue weighted by molar-refractivity contribution is 5.29. The second kappa shape index (κ2) is 9.80. The monoisotopic (exact) mass is 394 g/mol. The Bertz CT molecular complexity index is 717. The van der Waals surface area contributed by atoms with E-state index in [4.69, 9.17) is 4.74 Å². The number of hydrogen-bond donors (Lipinski definition) is 0. The molecule has 1 heterocycles. The summed E-state index contributed by atoms with van der Waals surface area (Å²) in [6.45, 7) is 6.21. The zero-order chi connectivity index (χ0) is 19.8. The SMILES string of the molecule is FC(F)(F)Oc1cccc(CCN2CCN(CCOc3ccccc3)CC2)c1. The highest BCUT2D eigenvalue weighted by Gasteiger charge is 2.31. The quantitative estimate of drug-likeness (QED) is 0.680. The van der Waals surface area contributed by atoms with Crippen LogP contribution in [0.4, 0.5) is 13.2 Å². The molecule has 0 amide bonds. The van der Waals surface area contributed by atoms with Crippen LogP contribution < -0.4 is 9.47 Å². The maximum atomic E-state index is 12.3. The molecule has 2 aromatic rings. The van der Waals surface area contributed by atoms with Crippen LogP contribution in [0.3, 0.4) is 0 Å². The molecule has 0 aromatic heterocycles. The van der Waals surface area contributed by atoms with E-state index in [0.29, 0.717) is 13.0 Å². The third kappa shape index (κ3) is 7.05. The topological polar surface area (TPSA) is 24.9 Å². The first-order chi connectivity index (χ1) is 13.5. The van der Waals surface area contributed by atoms with Crippen molar-refractivity contribution in [2.24, 2.45) is 0 Å². The Hall–Kier alpha value is -2.25. The minimum absolute atomic E-state index is 0.159. The van der Waals surface area contributed by atoms with Crippen LogP contribution >= 0.6 is 0 Å². The van der Waals surface area contributed by atoms with Gasteiger partial charge < -0.3 is 14.4 Å². The Morgan fingerprint density at radius 1 is 0.786 bits per heavy atom. The lowest BCUT2D eigenvalue weighted by molar-refractivity contribution is -0.274. The minimum atomic E-state index is -4.65. The Balaban J connectivity index is 1.35. The first-order valence-corrected chi connectivity index (χ1v) is 9.45. The van der Waals surface area contributed by atoms with Crippen molar-refractivity contribution in [2.45, 2.75) is 12.8 Å². The van der Waals surface area contributed by atoms with Crippen LogP contribution in [0.25, 0.3) is 0 Å². The van der Waals surface area contributed by atoms with Crippen molar-refractivity contribution in [1.29, 1.82) is 0 Å². The molecule has 0 unspecified atom stereocenters. The molecule has 4 nitrogen and oxygen atoms in total. The minimum Gasteiger partial charge on any atom is -0.492 e. The summed E-state index contributed by atoms with van der Waals surface area (Å²) in [5, 5.41) is 0. The molecule has 1 aliphatic heterocycles. The Morgan fingerprint density at radius 2 is 1.43 bits per heavy atom. The predicted molar refractivity (Wildman–Crippen MR) is 102 cm³/mol. The molecule has 2 aromatic carbocycles. The molecule has 152 valence electrons. The van der Waals surface area contributed by atoms with Crippen LogP contribution in [0.2, 0.25) is 0 Å². The molecule has 0 spiro atoms. The standard InChI is InChI=1S/C21H25F3N2O2/c22-21(23,24)28-20-8-4-5-18(17-20)9-10-25-11-13-26(14-12-25)15-16-27-19-6-2-1-3-7-19/h1-8,17H,9-16H2. The van der Waals surface area contributed by atoms with E-state index in [1.165, 1.54) is 12.1 Å². The lowest BCUT2D eigenvalue weighted by Gasteiger charge is -2.34. The van der Waals surface area contributed by atoms with Gasteiger partial charge in [0.1, 0.15) is 18.1 Å². The third-order valence-electron chi connectivity index (χ3n) is 4.73. The highest BCUT2D eigenvalue weighted by Crippen LogP contribution is 2.23. The fraction of sp³-hybridized carbons (Fsp3) is 0.429. The summed E-state index contributed by atoms with van der Waals surface area (Å²) in [5.41, 5.74) is 0.848. The van der Waals surface area contributed by atoms with Crippen LogP contribution in [0.15, 0.2) is 54.6 Å². The van der Waals surface area contributed by atoms with E-state index in [1.807, 2.05) is 36.4 Å². The van der Waals surface area contributed by atoms with Crippen molar-refractivity contribution in [1.82, 2.24) is 9.80 Å². The molecule has 1 aliphatic rings. The molecule has 0 radical (unpaired) electrons. The van der Waals surface area contributed by atoms with Gasteiger partial charge in [-0.2, -0.15) is 0 Å². The number of hydrogen-bond acceptors (Lipinski definition) is 4. The van der Waals surface area contributed by atoms with Gasteiger partial charge in [0, 0.05) is 39.3 Å². The molecule has 1 saturated heterocycles. The van der Waals surface area contributed by atoms with Gasteiger partial charge in [-0.15, -0.1) is 13.2 Å². The number of ether oxygens (including phenoxy) is 2. The largest absolute Gasteiger partial charge is 0.573 e. The highest BCUT2D eigenvalue weighted by atomic mass is 19.4. The molecule has 3 rings (SSSR count). The molecule has 0 N–H and O–H groups in total. The number of piperazine rings is 1. The smallest absolute Gasteiger partial charge is 0.492 e. The second-order valence-corrected chi connectivity index (χ2v) is 6.79. The zero-order valence-corrected chi connectivity index (χ0v) is 15.7. The second-order valence-electron chi connectivity index (χ2n) is 6.79. The maximum absolute atomic E-state index is 12.3. The number of nitrogens with zero attached hydrogens (tertiary/aromatic N) is 2. The molecule has 28 heavy (non-hydrogen) atoms. The summed E-state index contributed by atoms with van der Waals surface area (Å²) in [4.78, 5) is 4.71. The van der Waals surface area contributed by atoms with Crippen molar-refractivity contribution in [3.05, 3.63) is 60.2 Å². The van der Waals surface area contributed by atoms with Crippen LogP contribution in [0.5, 0.6) is 11.5 Å². The lowest BCUT2D eigenvalue weighted by atomic mass is 10.1. The Morgan fingerprint density at radius 3 is 2.11 bits per heavy atom. The van der Waals surface area contributed by atoms with Crippen molar-refractivity contribution in [3.63, 3.8) is 0 Å². The van der Waals surface area contributed by atoms with Crippen molar-refractivity contribution < 1.29 is 22.6 Å². The number of para-hydroxylation sites is 1. The van der Waals surface area contributed by atoms with Gasteiger partial charge in [-0.3, -0.25) is 4.90 Å². The number of benzene rings is 2. The first-order valence-electron chi connectivity index (χ1n) is 9.45. The first kappa shape index (κ1) is 20.5. The van der Waals surface area contributed by atoms with E-state index in [9.17, 15) is 13.2 Å². The molecule has 1 fully saturated rings. The van der Waals surface area contributed by atoms with Gasteiger partial charge in [0.15, 0.2) is 0 Å². The van der Waals surface area contributed by atoms with Gasteiger partial charge in [-0.25, -0.2) is 0 Å². The number of alkyl halides is 3. The molecular weight excluding hydrogens is 369 g/mol. The normalized spacial score (nSPS) is 16.1. The summed E-state index contributed by atoms with van der Waals surface area (Å²) in [7, 11) is 0. The predicted octanol–water partition coefficient (Wildman–Crippen LogP) is 3.82. The van der Waals surface area contributed by atoms with Crippen molar-refractivity contribution in [3.8, 4) is 11.5 Å². The Labute approximate surface area is 163 Å². The fourth-order valence-electron chi connectivity index (χ4n) is 3.23. The lowest BCUT2D eigenvalue weighted by Crippen LogP contribution is -2.47. The average Bonchev–Trinajstić information content (AvgIpc) is 2.67. The van der Waals surface area contributed by atoms with E-state index in [2.05, 4.69) is 14.5 Å². The van der Waals surface area contributed by atoms with E-state index in [-0.39, 0.29) is 5.75 Å². The van der Waals surface area contributed by atoms with Crippen LogP contribution in [-0.2, 0) is 6.42 Å². The van der Waals surface area contributed by atoms with E-state index in [0.717, 1.165) is 50.6 Å². The molecular formula is C21H25F3N2O2. The zero-order valence-electron chi connectivity index (χ0n) is 15.7. The van der Waals surface area contributed by atoms with Gasteiger partial charge >= 0.3 is 6.36 Å². The van der Waals surface area contributed by atoms with Crippen LogP contribution in [0.1, 0.15) is 5.56 Å². The molecule has 0 bridgehead atoms. The van der Waals surface area contributed by atoms with E-state index < -0.39 is 6.36 Å². The van der Waals surface area contributed by atoms with Gasteiger partial charge in [0.05, 0.1) is 0 Å². The maximum Gasteiger partial charge on any atom is 0.573 e. The van der Waals surface area contributed by atoms with Crippen LogP contribution in [0, 0.1) is 0 Å². The van der Waals surface area contributed by atoms with Crippen molar-refractivity contribution in [2.75, 3.05) is 45.9 Å².